The maximum atomic E-state index is 13.8. The molecule has 2 aliphatic rings. The highest BCUT2D eigenvalue weighted by atomic mass is 32.2. The molecule has 2 aliphatic heterocycles. The van der Waals surface area contributed by atoms with Crippen LogP contribution in [-0.4, -0.2) is 29.1 Å². The third-order valence-electron chi connectivity index (χ3n) is 5.67. The van der Waals surface area contributed by atoms with E-state index in [1.807, 2.05) is 24.3 Å². The van der Waals surface area contributed by atoms with E-state index in [0.29, 0.717) is 29.2 Å². The molecule has 5 rings (SSSR count). The van der Waals surface area contributed by atoms with Crippen molar-refractivity contribution in [1.82, 2.24) is 4.90 Å². The van der Waals surface area contributed by atoms with Gasteiger partial charge in [0.1, 0.15) is 11.6 Å². The number of para-hydroxylation sites is 1. The van der Waals surface area contributed by atoms with Gasteiger partial charge in [-0.15, -0.1) is 11.8 Å². The molecule has 0 saturated carbocycles. The van der Waals surface area contributed by atoms with Gasteiger partial charge in [0.25, 0.3) is 5.91 Å². The molecular weight excluding hydrogens is 432 g/mol. The largest absolute Gasteiger partial charge is 0.323 e. The van der Waals surface area contributed by atoms with Crippen molar-refractivity contribution in [2.24, 2.45) is 0 Å². The van der Waals surface area contributed by atoms with Crippen molar-refractivity contribution < 1.29 is 18.4 Å². The van der Waals surface area contributed by atoms with Gasteiger partial charge in [0.05, 0.1) is 12.2 Å². The van der Waals surface area contributed by atoms with E-state index in [4.69, 9.17) is 0 Å². The molecule has 3 aromatic rings. The number of benzene rings is 3. The van der Waals surface area contributed by atoms with Gasteiger partial charge in [-0.25, -0.2) is 13.6 Å². The Morgan fingerprint density at radius 3 is 2.56 bits per heavy atom. The van der Waals surface area contributed by atoms with E-state index < -0.39 is 16.7 Å². The van der Waals surface area contributed by atoms with E-state index in [9.17, 15) is 18.4 Å². The Kier molecular flexibility index (Phi) is 5.09. The van der Waals surface area contributed by atoms with Gasteiger partial charge in [-0.2, -0.15) is 0 Å². The fourth-order valence-electron chi connectivity index (χ4n) is 4.27. The van der Waals surface area contributed by atoms with Gasteiger partial charge in [0, 0.05) is 23.5 Å². The molecule has 0 aromatic heterocycles. The van der Waals surface area contributed by atoms with Crippen molar-refractivity contribution in [2.75, 3.05) is 22.5 Å². The lowest BCUT2D eigenvalue weighted by molar-refractivity contribution is -0.123. The summed E-state index contributed by atoms with van der Waals surface area (Å²) in [6, 6.07) is 18.6. The van der Waals surface area contributed by atoms with Gasteiger partial charge in [0.2, 0.25) is 0 Å². The number of anilines is 2. The summed E-state index contributed by atoms with van der Waals surface area (Å²) >= 11 is 1.41. The molecule has 8 heteroatoms. The third kappa shape index (κ3) is 3.31. The lowest BCUT2D eigenvalue weighted by Gasteiger charge is -2.33. The van der Waals surface area contributed by atoms with Gasteiger partial charge < -0.3 is 10.2 Å². The Bertz CT molecular complexity index is 1200. The number of urea groups is 1. The van der Waals surface area contributed by atoms with E-state index in [1.165, 1.54) is 53.1 Å². The molecule has 1 saturated heterocycles. The second-order valence-electron chi connectivity index (χ2n) is 7.62. The van der Waals surface area contributed by atoms with Crippen molar-refractivity contribution in [3.05, 3.63) is 95.6 Å². The highest BCUT2D eigenvalue weighted by Gasteiger charge is 2.59. The second-order valence-corrected chi connectivity index (χ2v) is 8.91. The summed E-state index contributed by atoms with van der Waals surface area (Å²) in [6.07, 6.45) is 0. The summed E-state index contributed by atoms with van der Waals surface area (Å²) in [5, 5.41) is 2.77. The standard InChI is InChI=1S/C24H19F2N3O2S/c25-17-8-10-19(11-9-17)27-23(31)29-12-13-32-24(29)20-6-1-2-7-21(20)28(22(24)30)15-16-4-3-5-18(26)14-16/h1-11,14H,12-13,15H2,(H,27,31). The first-order valence-electron chi connectivity index (χ1n) is 10.1. The lowest BCUT2D eigenvalue weighted by Crippen LogP contribution is -2.51. The van der Waals surface area contributed by atoms with E-state index in [0.717, 1.165) is 5.56 Å². The zero-order valence-corrected chi connectivity index (χ0v) is 17.7. The maximum absolute atomic E-state index is 13.8. The number of rotatable bonds is 3. The summed E-state index contributed by atoms with van der Waals surface area (Å²) in [6.45, 7) is 0.578. The van der Waals surface area contributed by atoms with Gasteiger partial charge >= 0.3 is 6.03 Å². The van der Waals surface area contributed by atoms with Crippen LogP contribution in [0.2, 0.25) is 0 Å². The molecule has 0 bridgehead atoms. The number of hydrogen-bond donors (Lipinski definition) is 1. The van der Waals surface area contributed by atoms with Crippen molar-refractivity contribution in [1.29, 1.82) is 0 Å². The number of hydrogen-bond acceptors (Lipinski definition) is 3. The number of carbonyl (C=O) groups is 2. The summed E-state index contributed by atoms with van der Waals surface area (Å²) in [5.74, 6) is -0.415. The van der Waals surface area contributed by atoms with Crippen LogP contribution in [0.4, 0.5) is 25.0 Å². The predicted octanol–water partition coefficient (Wildman–Crippen LogP) is 4.95. The molecule has 1 spiro atoms. The van der Waals surface area contributed by atoms with Crippen molar-refractivity contribution in [3.8, 4) is 0 Å². The highest BCUT2D eigenvalue weighted by Crippen LogP contribution is 2.54. The maximum Gasteiger partial charge on any atom is 0.323 e. The van der Waals surface area contributed by atoms with E-state index in [1.54, 1.807) is 17.0 Å². The normalized spacial score (nSPS) is 19.5. The molecule has 1 atom stereocenters. The van der Waals surface area contributed by atoms with Crippen LogP contribution in [0.25, 0.3) is 0 Å². The minimum Gasteiger partial charge on any atom is -0.308 e. The number of fused-ring (bicyclic) bond motifs is 2. The average Bonchev–Trinajstić information content (AvgIpc) is 3.33. The average molecular weight is 451 g/mol. The van der Waals surface area contributed by atoms with Crippen LogP contribution >= 0.6 is 11.8 Å². The number of nitrogens with zero attached hydrogens (tertiary/aromatic N) is 2. The molecule has 1 N–H and O–H groups in total. The number of halogens is 2. The van der Waals surface area contributed by atoms with Crippen LogP contribution in [0.5, 0.6) is 0 Å². The molecule has 2 heterocycles. The van der Waals surface area contributed by atoms with E-state index in [-0.39, 0.29) is 18.3 Å². The molecule has 5 nitrogen and oxygen atoms in total. The van der Waals surface area contributed by atoms with Crippen molar-refractivity contribution >= 4 is 35.1 Å². The number of amides is 3. The van der Waals surface area contributed by atoms with Crippen LogP contribution < -0.4 is 10.2 Å². The molecule has 0 aliphatic carbocycles. The Morgan fingerprint density at radius 1 is 1.00 bits per heavy atom. The molecule has 162 valence electrons. The Labute approximate surface area is 188 Å². The predicted molar refractivity (Wildman–Crippen MR) is 120 cm³/mol. The molecule has 1 unspecified atom stereocenters. The molecule has 32 heavy (non-hydrogen) atoms. The fourth-order valence-corrected chi connectivity index (χ4v) is 5.73. The first kappa shape index (κ1) is 20.5. The van der Waals surface area contributed by atoms with Gasteiger partial charge in [-0.1, -0.05) is 30.3 Å². The Balaban J connectivity index is 1.50. The van der Waals surface area contributed by atoms with Crippen LogP contribution in [0.15, 0.2) is 72.8 Å². The monoisotopic (exact) mass is 451 g/mol. The first-order valence-corrected chi connectivity index (χ1v) is 11.1. The molecule has 0 radical (unpaired) electrons. The summed E-state index contributed by atoms with van der Waals surface area (Å²) < 4.78 is 27.0. The fraction of sp³-hybridized carbons (Fsp3) is 0.167. The van der Waals surface area contributed by atoms with E-state index in [2.05, 4.69) is 5.32 Å². The summed E-state index contributed by atoms with van der Waals surface area (Å²) in [5.41, 5.74) is 2.54. The SMILES string of the molecule is O=C(Nc1ccc(F)cc1)N1CCSC12C(=O)N(Cc1cccc(F)c1)c1ccccc12. The number of thioether (sulfide) groups is 1. The van der Waals surface area contributed by atoms with E-state index >= 15 is 0 Å². The minimum absolute atomic E-state index is 0.198. The molecule has 3 amide bonds. The van der Waals surface area contributed by atoms with Crippen LogP contribution in [0.3, 0.4) is 0 Å². The van der Waals surface area contributed by atoms with Gasteiger partial charge in [0.15, 0.2) is 4.87 Å². The third-order valence-corrected chi connectivity index (χ3v) is 7.09. The zero-order valence-electron chi connectivity index (χ0n) is 16.9. The lowest BCUT2D eigenvalue weighted by atomic mass is 10.1. The van der Waals surface area contributed by atoms with Gasteiger partial charge in [-0.3, -0.25) is 9.69 Å². The number of nitrogens with one attached hydrogen (secondary N) is 1. The Hall–Kier alpha value is -3.39. The quantitative estimate of drug-likeness (QED) is 0.613. The van der Waals surface area contributed by atoms with Crippen molar-refractivity contribution in [2.45, 2.75) is 11.4 Å². The van der Waals surface area contributed by atoms with Crippen LogP contribution in [-0.2, 0) is 16.2 Å². The topological polar surface area (TPSA) is 52.7 Å². The highest BCUT2D eigenvalue weighted by molar-refractivity contribution is 8.01. The van der Waals surface area contributed by atoms with Crippen LogP contribution in [0.1, 0.15) is 11.1 Å². The smallest absolute Gasteiger partial charge is 0.308 e. The van der Waals surface area contributed by atoms with Crippen LogP contribution in [0, 0.1) is 11.6 Å². The summed E-state index contributed by atoms with van der Waals surface area (Å²) in [4.78, 5) is 29.0. The molecular formula is C24H19F2N3O2S. The second kappa shape index (κ2) is 7.94. The minimum atomic E-state index is -1.20. The molecule has 3 aromatic carbocycles. The molecule has 1 fully saturated rings. The first-order chi connectivity index (χ1) is 15.5. The van der Waals surface area contributed by atoms with Crippen molar-refractivity contribution in [3.63, 3.8) is 0 Å². The number of carbonyl (C=O) groups excluding carboxylic acids is 2. The zero-order chi connectivity index (χ0) is 22.3. The Morgan fingerprint density at radius 2 is 1.78 bits per heavy atom. The summed E-state index contributed by atoms with van der Waals surface area (Å²) in [7, 11) is 0. The van der Waals surface area contributed by atoms with Gasteiger partial charge in [-0.05, 0) is 48.0 Å².